The van der Waals surface area contributed by atoms with Crippen molar-refractivity contribution < 1.29 is 9.47 Å². The second-order valence-electron chi connectivity index (χ2n) is 4.28. The minimum absolute atomic E-state index is 0.643. The Labute approximate surface area is 136 Å². The molecule has 114 valence electrons. The molecule has 0 bridgehead atoms. The van der Waals surface area contributed by atoms with Crippen LogP contribution in [0.1, 0.15) is 13.8 Å². The first-order valence-corrected chi connectivity index (χ1v) is 13.0. The van der Waals surface area contributed by atoms with Gasteiger partial charge in [0.2, 0.25) is 0 Å². The van der Waals surface area contributed by atoms with E-state index in [0.29, 0.717) is 13.2 Å². The number of ether oxygens (including phenoxy) is 2. The van der Waals surface area contributed by atoms with Gasteiger partial charge in [-0.2, -0.15) is 0 Å². The van der Waals surface area contributed by atoms with Crippen LogP contribution in [-0.4, -0.2) is 24.2 Å². The average Bonchev–Trinajstić information content (AvgIpc) is 2.49. The number of rotatable bonds is 6. The van der Waals surface area contributed by atoms with Crippen LogP contribution in [0, 0.1) is 0 Å². The second-order valence-corrected chi connectivity index (χ2v) is 13.9. The van der Waals surface area contributed by atoms with Crippen molar-refractivity contribution in [1.29, 1.82) is 0 Å². The van der Waals surface area contributed by atoms with Gasteiger partial charge in [-0.25, -0.2) is 0 Å². The van der Waals surface area contributed by atoms with Crippen LogP contribution in [0.25, 0.3) is 0 Å². The first kappa shape index (κ1) is 16.5. The van der Waals surface area contributed by atoms with Crippen LogP contribution >= 0.6 is 20.2 Å². The summed E-state index contributed by atoms with van der Waals surface area (Å²) in [6, 6.07) is 15.4. The van der Waals surface area contributed by atoms with Crippen LogP contribution in [0.15, 0.2) is 48.5 Å². The third-order valence-electron chi connectivity index (χ3n) is 2.86. The summed E-state index contributed by atoms with van der Waals surface area (Å²) in [6.45, 7) is 5.20. The van der Waals surface area contributed by atoms with E-state index in [1.807, 2.05) is 62.4 Å². The van der Waals surface area contributed by atoms with Crippen LogP contribution in [0.5, 0.6) is 11.5 Å². The molecule has 0 saturated heterocycles. The molecule has 0 N–H and O–H groups in total. The van der Waals surface area contributed by atoms with Crippen LogP contribution in [0.4, 0.5) is 0 Å². The van der Waals surface area contributed by atoms with Gasteiger partial charge in [-0.15, -0.1) is 0 Å². The number of benzene rings is 2. The van der Waals surface area contributed by atoms with Gasteiger partial charge in [-0.3, -0.25) is 0 Å². The average molecular weight is 392 g/mol. The fourth-order valence-electron chi connectivity index (χ4n) is 1.88. The van der Waals surface area contributed by atoms with E-state index in [4.69, 9.17) is 29.7 Å². The molecule has 21 heavy (non-hydrogen) atoms. The van der Waals surface area contributed by atoms with Gasteiger partial charge in [0, 0.05) is 0 Å². The van der Waals surface area contributed by atoms with Crippen molar-refractivity contribution in [2.75, 3.05) is 13.2 Å². The zero-order valence-electron chi connectivity index (χ0n) is 12.0. The van der Waals surface area contributed by atoms with E-state index in [0.717, 1.165) is 20.4 Å². The summed E-state index contributed by atoms with van der Waals surface area (Å²) in [5.41, 5.74) is 0. The van der Waals surface area contributed by atoms with Crippen molar-refractivity contribution >= 4 is 40.1 Å². The third-order valence-corrected chi connectivity index (χ3v) is 10.2. The van der Waals surface area contributed by atoms with Gasteiger partial charge < -0.3 is 0 Å². The molecular weight excluding hydrogens is 374 g/mol. The number of hydrogen-bond donors (Lipinski definition) is 0. The topological polar surface area (TPSA) is 18.5 Å². The molecular formula is C16H18Cl2O2Se. The summed E-state index contributed by atoms with van der Waals surface area (Å²) in [4.78, 5) is 0. The van der Waals surface area contributed by atoms with Gasteiger partial charge in [0.25, 0.3) is 0 Å². The molecule has 0 fully saturated rings. The first-order valence-electron chi connectivity index (χ1n) is 6.76. The Morgan fingerprint density at radius 2 is 1.05 bits per heavy atom. The third kappa shape index (κ3) is 4.08. The zero-order chi connectivity index (χ0) is 15.3. The summed E-state index contributed by atoms with van der Waals surface area (Å²) in [6.07, 6.45) is 0. The van der Waals surface area contributed by atoms with Crippen molar-refractivity contribution in [3.63, 3.8) is 0 Å². The van der Waals surface area contributed by atoms with Crippen molar-refractivity contribution in [2.45, 2.75) is 13.8 Å². The molecule has 0 atom stereocenters. The summed E-state index contributed by atoms with van der Waals surface area (Å²) < 4.78 is 12.8. The molecule has 0 aliphatic rings. The van der Waals surface area contributed by atoms with Gasteiger partial charge in [0.1, 0.15) is 0 Å². The Hall–Kier alpha value is -0.861. The van der Waals surface area contributed by atoms with E-state index in [1.165, 1.54) is 0 Å². The van der Waals surface area contributed by atoms with Gasteiger partial charge in [-0.05, 0) is 0 Å². The Bertz CT molecular complexity index is 516. The quantitative estimate of drug-likeness (QED) is 0.701. The predicted molar refractivity (Wildman–Crippen MR) is 92.0 cm³/mol. The molecule has 0 amide bonds. The maximum atomic E-state index is 6.69. The molecule has 0 unspecified atom stereocenters. The summed E-state index contributed by atoms with van der Waals surface area (Å²) in [7, 11) is 13.4. The molecule has 0 aliphatic carbocycles. The minimum atomic E-state index is -2.92. The van der Waals surface area contributed by atoms with Gasteiger partial charge in [0.15, 0.2) is 0 Å². The first-order chi connectivity index (χ1) is 10.1. The van der Waals surface area contributed by atoms with Crippen molar-refractivity contribution in [3.05, 3.63) is 48.5 Å². The number of halogens is 2. The van der Waals surface area contributed by atoms with Crippen molar-refractivity contribution in [1.82, 2.24) is 0 Å². The number of hydrogen-bond acceptors (Lipinski definition) is 2. The Morgan fingerprint density at radius 1 is 0.714 bits per heavy atom. The van der Waals surface area contributed by atoms with E-state index >= 15 is 0 Å². The van der Waals surface area contributed by atoms with Crippen molar-refractivity contribution in [2.24, 2.45) is 0 Å². The molecule has 0 radical (unpaired) electrons. The van der Waals surface area contributed by atoms with Crippen LogP contribution in [-0.2, 0) is 0 Å². The maximum absolute atomic E-state index is 6.69. The fourth-order valence-corrected chi connectivity index (χ4v) is 6.60. The SMILES string of the molecule is CCOc1ccc([Se](Cl)(Cl)c2ccc(OCC)cc2)cc1. The second kappa shape index (κ2) is 7.42. The standard InChI is InChI=1S/C16H18Cl2O2Se/c1-3-19-13-5-9-15(10-6-13)21(17,18)16-11-7-14(8-12-16)20-4-2/h5-12H,3-4H2,1-2H3. The monoisotopic (exact) mass is 392 g/mol. The van der Waals surface area contributed by atoms with Gasteiger partial charge >= 0.3 is 137 Å². The summed E-state index contributed by atoms with van der Waals surface area (Å²) >= 11 is -2.92. The van der Waals surface area contributed by atoms with Crippen molar-refractivity contribution in [3.8, 4) is 11.5 Å². The summed E-state index contributed by atoms with van der Waals surface area (Å²) in [5, 5.41) is 0. The van der Waals surface area contributed by atoms with E-state index in [2.05, 4.69) is 0 Å². The van der Waals surface area contributed by atoms with Crippen LogP contribution in [0.2, 0.25) is 0 Å². The molecule has 0 heterocycles. The molecule has 2 aromatic rings. The van der Waals surface area contributed by atoms with E-state index < -0.39 is 11.0 Å². The normalized spacial score (nSPS) is 12.0. The molecule has 0 saturated carbocycles. The molecule has 2 nitrogen and oxygen atoms in total. The van der Waals surface area contributed by atoms with Gasteiger partial charge in [0.05, 0.1) is 0 Å². The molecule has 2 aromatic carbocycles. The van der Waals surface area contributed by atoms with E-state index in [1.54, 1.807) is 0 Å². The summed E-state index contributed by atoms with van der Waals surface area (Å²) in [5.74, 6) is 1.66. The van der Waals surface area contributed by atoms with Crippen LogP contribution in [0.3, 0.4) is 0 Å². The zero-order valence-corrected chi connectivity index (χ0v) is 15.2. The molecule has 0 spiro atoms. The van der Waals surface area contributed by atoms with E-state index in [9.17, 15) is 0 Å². The molecule has 5 heteroatoms. The van der Waals surface area contributed by atoms with Crippen LogP contribution < -0.4 is 18.4 Å². The van der Waals surface area contributed by atoms with Gasteiger partial charge in [-0.1, -0.05) is 0 Å². The molecule has 0 aromatic heterocycles. The Morgan fingerprint density at radius 3 is 1.33 bits per heavy atom. The molecule has 0 aliphatic heterocycles. The Kier molecular flexibility index (Phi) is 5.83. The predicted octanol–water partition coefficient (Wildman–Crippen LogP) is 3.52. The fraction of sp³-hybridized carbons (Fsp3) is 0.250. The Balaban J connectivity index is 2.23. The molecule has 2 rings (SSSR count). The van der Waals surface area contributed by atoms with E-state index in [-0.39, 0.29) is 0 Å².